The Morgan fingerprint density at radius 1 is 0.967 bits per heavy atom. The Kier molecular flexibility index (Phi) is 4.55. The molecule has 10 atom stereocenters. The van der Waals surface area contributed by atoms with Crippen LogP contribution < -0.4 is 5.32 Å². The number of fused-ring (bicyclic) bond motifs is 2. The van der Waals surface area contributed by atoms with Gasteiger partial charge in [0, 0.05) is 17.5 Å². The van der Waals surface area contributed by atoms with Gasteiger partial charge in [-0.1, -0.05) is 32.9 Å². The average Bonchev–Trinajstić information content (AvgIpc) is 3.30. The van der Waals surface area contributed by atoms with Crippen molar-refractivity contribution in [2.24, 2.45) is 44.8 Å². The normalized spacial score (nSPS) is 57.4. The van der Waals surface area contributed by atoms with Gasteiger partial charge in [-0.3, -0.25) is 0 Å². The summed E-state index contributed by atoms with van der Waals surface area (Å²) < 4.78 is 0. The monoisotopic (exact) mass is 414 g/mol. The van der Waals surface area contributed by atoms with Gasteiger partial charge in [0.05, 0.1) is 6.61 Å². The van der Waals surface area contributed by atoms with Gasteiger partial charge in [-0.05, 0) is 112 Å². The molecule has 5 aliphatic rings. The molecule has 0 unspecified atom stereocenters. The molecule has 0 bridgehead atoms. The van der Waals surface area contributed by atoms with E-state index < -0.39 is 0 Å². The van der Waals surface area contributed by atoms with E-state index in [1.165, 1.54) is 44.9 Å². The number of aliphatic hydroxyl groups excluding tert-OH is 1. The molecule has 0 aliphatic heterocycles. The minimum absolute atomic E-state index is 0.0305. The van der Waals surface area contributed by atoms with Gasteiger partial charge in [0.2, 0.25) is 0 Å². The topological polar surface area (TPSA) is 35.5 Å². The van der Waals surface area contributed by atoms with E-state index in [1.807, 2.05) is 0 Å². The van der Waals surface area contributed by atoms with Gasteiger partial charge in [0.25, 0.3) is 0 Å². The number of hydrogen-bond acceptors (Lipinski definition) is 3. The predicted octanol–water partition coefficient (Wildman–Crippen LogP) is 4.71. The summed E-state index contributed by atoms with van der Waals surface area (Å²) in [5.74, 6) is 2.06. The SMILES string of the molecule is CN[C@H]1CC[C@]23C[C@]24CC[C@]2(C)[C@@H]([C@H](C)N(C)C)CC[C@@]2(C)[C@@H]4C=C[C@H]3[C@@]1(C)CO. The summed E-state index contributed by atoms with van der Waals surface area (Å²) in [6.07, 6.45) is 14.9. The summed E-state index contributed by atoms with van der Waals surface area (Å²) in [6.45, 7) is 10.4. The van der Waals surface area contributed by atoms with Crippen LogP contribution in [0.15, 0.2) is 12.2 Å². The van der Waals surface area contributed by atoms with Gasteiger partial charge in [0.15, 0.2) is 0 Å². The number of rotatable bonds is 4. The first-order chi connectivity index (χ1) is 14.1. The van der Waals surface area contributed by atoms with Crippen LogP contribution in [0.1, 0.15) is 72.6 Å². The van der Waals surface area contributed by atoms with E-state index in [1.54, 1.807) is 0 Å². The van der Waals surface area contributed by atoms with Gasteiger partial charge >= 0.3 is 0 Å². The Bertz CT molecular complexity index is 749. The Morgan fingerprint density at radius 3 is 2.27 bits per heavy atom. The van der Waals surface area contributed by atoms with E-state index in [0.29, 0.717) is 46.3 Å². The van der Waals surface area contributed by atoms with E-state index in [0.717, 1.165) is 11.8 Å². The molecule has 0 saturated heterocycles. The Balaban J connectivity index is 1.54. The number of nitrogens with zero attached hydrogens (tertiary/aromatic N) is 1. The van der Waals surface area contributed by atoms with Gasteiger partial charge in [-0.15, -0.1) is 0 Å². The molecule has 3 nitrogen and oxygen atoms in total. The zero-order chi connectivity index (χ0) is 21.7. The van der Waals surface area contributed by atoms with Crippen LogP contribution in [0.3, 0.4) is 0 Å². The summed E-state index contributed by atoms with van der Waals surface area (Å²) >= 11 is 0. The summed E-state index contributed by atoms with van der Waals surface area (Å²) in [5.41, 5.74) is 1.78. The fourth-order valence-electron chi connectivity index (χ4n) is 10.3. The van der Waals surface area contributed by atoms with Crippen molar-refractivity contribution in [1.29, 1.82) is 0 Å². The van der Waals surface area contributed by atoms with Crippen molar-refractivity contribution in [3.63, 3.8) is 0 Å². The molecule has 5 rings (SSSR count). The zero-order valence-electron chi connectivity index (χ0n) is 20.6. The lowest BCUT2D eigenvalue weighted by molar-refractivity contribution is -0.110. The highest BCUT2D eigenvalue weighted by Gasteiger charge is 2.81. The molecule has 0 aromatic carbocycles. The molecule has 0 aromatic heterocycles. The van der Waals surface area contributed by atoms with Crippen molar-refractivity contribution < 1.29 is 5.11 Å². The van der Waals surface area contributed by atoms with Crippen LogP contribution in [0, 0.1) is 44.8 Å². The van der Waals surface area contributed by atoms with Crippen molar-refractivity contribution in [2.45, 2.75) is 84.7 Å². The number of aliphatic hydroxyl groups is 1. The van der Waals surface area contributed by atoms with Gasteiger partial charge in [0.1, 0.15) is 0 Å². The highest BCUT2D eigenvalue weighted by molar-refractivity contribution is 5.37. The van der Waals surface area contributed by atoms with Crippen LogP contribution in [0.5, 0.6) is 0 Å². The molecule has 30 heavy (non-hydrogen) atoms. The lowest BCUT2D eigenvalue weighted by atomic mass is 9.43. The molecule has 4 fully saturated rings. The zero-order valence-corrected chi connectivity index (χ0v) is 20.6. The van der Waals surface area contributed by atoms with Crippen molar-refractivity contribution in [1.82, 2.24) is 10.2 Å². The molecular weight excluding hydrogens is 368 g/mol. The van der Waals surface area contributed by atoms with Crippen LogP contribution in [-0.2, 0) is 0 Å². The third-order valence-electron chi connectivity index (χ3n) is 12.5. The van der Waals surface area contributed by atoms with Crippen molar-refractivity contribution >= 4 is 0 Å². The van der Waals surface area contributed by atoms with Crippen molar-refractivity contribution in [3.8, 4) is 0 Å². The smallest absolute Gasteiger partial charge is 0.0505 e. The molecule has 0 radical (unpaired) electrons. The minimum atomic E-state index is -0.0305. The summed E-state index contributed by atoms with van der Waals surface area (Å²) in [4.78, 5) is 2.46. The largest absolute Gasteiger partial charge is 0.396 e. The quantitative estimate of drug-likeness (QED) is 0.654. The molecule has 0 amide bonds. The molecule has 0 heterocycles. The maximum absolute atomic E-state index is 10.5. The third kappa shape index (κ3) is 2.19. The van der Waals surface area contributed by atoms with Crippen LogP contribution in [-0.4, -0.2) is 49.8 Å². The van der Waals surface area contributed by atoms with Gasteiger partial charge in [-0.2, -0.15) is 0 Å². The molecule has 0 aromatic rings. The second-order valence-corrected chi connectivity index (χ2v) is 13.1. The number of hydrogen-bond donors (Lipinski definition) is 2. The fraction of sp³-hybridized carbons (Fsp3) is 0.926. The second kappa shape index (κ2) is 6.35. The summed E-state index contributed by atoms with van der Waals surface area (Å²) in [7, 11) is 6.63. The number of allylic oxidation sites excluding steroid dienone is 2. The van der Waals surface area contributed by atoms with Gasteiger partial charge < -0.3 is 15.3 Å². The van der Waals surface area contributed by atoms with E-state index in [-0.39, 0.29) is 5.41 Å². The average molecular weight is 415 g/mol. The first kappa shape index (κ1) is 21.5. The van der Waals surface area contributed by atoms with Crippen LogP contribution >= 0.6 is 0 Å². The predicted molar refractivity (Wildman–Crippen MR) is 124 cm³/mol. The van der Waals surface area contributed by atoms with Crippen LogP contribution in [0.2, 0.25) is 0 Å². The molecule has 170 valence electrons. The Labute approximate surface area is 185 Å². The van der Waals surface area contributed by atoms with Crippen LogP contribution in [0.4, 0.5) is 0 Å². The lowest BCUT2D eigenvalue weighted by Gasteiger charge is -2.62. The molecule has 5 aliphatic carbocycles. The second-order valence-electron chi connectivity index (χ2n) is 13.1. The van der Waals surface area contributed by atoms with Crippen LogP contribution in [0.25, 0.3) is 0 Å². The molecular formula is C27H46N2O. The van der Waals surface area contributed by atoms with Gasteiger partial charge in [-0.25, -0.2) is 0 Å². The highest BCUT2D eigenvalue weighted by atomic mass is 16.3. The first-order valence-corrected chi connectivity index (χ1v) is 12.7. The maximum atomic E-state index is 10.5. The highest BCUT2D eigenvalue weighted by Crippen LogP contribution is 2.87. The van der Waals surface area contributed by atoms with E-state index in [9.17, 15) is 5.11 Å². The molecule has 2 N–H and O–H groups in total. The van der Waals surface area contributed by atoms with E-state index in [2.05, 4.69) is 71.2 Å². The summed E-state index contributed by atoms with van der Waals surface area (Å²) in [6, 6.07) is 1.08. The molecule has 4 saturated carbocycles. The molecule has 3 heteroatoms. The standard InChI is InChI=1S/C27H46N2O/c1-18(29(6)7)19-10-12-25(4)21-9-8-20-23(2,17-30)22(28-5)11-13-26(20)16-27(21,26)15-14-24(19,25)3/h8-9,18-22,28,30H,10-17H2,1-7H3/t18-,19+,20-,21-,22-,23+,24+,25-,26+,27-/m0/s1. The fourth-order valence-corrected chi connectivity index (χ4v) is 10.3. The van der Waals surface area contributed by atoms with Crippen molar-refractivity contribution in [3.05, 3.63) is 12.2 Å². The lowest BCUT2D eigenvalue weighted by Crippen LogP contribution is -2.59. The Hall–Kier alpha value is -0.380. The van der Waals surface area contributed by atoms with E-state index >= 15 is 0 Å². The maximum Gasteiger partial charge on any atom is 0.0505 e. The Morgan fingerprint density at radius 2 is 1.63 bits per heavy atom. The van der Waals surface area contributed by atoms with Crippen molar-refractivity contribution in [2.75, 3.05) is 27.7 Å². The first-order valence-electron chi connectivity index (χ1n) is 12.7. The third-order valence-corrected chi connectivity index (χ3v) is 12.5. The minimum Gasteiger partial charge on any atom is -0.396 e. The summed E-state index contributed by atoms with van der Waals surface area (Å²) in [5, 5.41) is 14.1. The molecule has 2 spiro atoms. The van der Waals surface area contributed by atoms with E-state index in [4.69, 9.17) is 0 Å². The number of nitrogens with one attached hydrogen (secondary N) is 1.